The van der Waals surface area contributed by atoms with Gasteiger partial charge in [0.1, 0.15) is 23.2 Å². The quantitative estimate of drug-likeness (QED) is 0.0673. The van der Waals surface area contributed by atoms with Gasteiger partial charge in [-0.25, -0.2) is 9.97 Å². The first-order chi connectivity index (χ1) is 21.6. The highest BCUT2D eigenvalue weighted by Gasteiger charge is 2.16. The lowest BCUT2D eigenvalue weighted by atomic mass is 10.1. The van der Waals surface area contributed by atoms with Gasteiger partial charge in [-0.05, 0) is 80.4 Å². The van der Waals surface area contributed by atoms with Crippen molar-refractivity contribution in [1.29, 1.82) is 0 Å². The molecule has 0 bridgehead atoms. The van der Waals surface area contributed by atoms with Gasteiger partial charge in [0, 0.05) is 67.3 Å². The standard InChI is InChI=1S/C33H37N9O2/c1-41-15-17-42(18-16-41)25-11-13-29-31(22-25)39-33(37-29)24-10-12-28-30(21-24)38-32(36-28)23-6-4-9-27(20-23)44-19-5-8-26(43)7-2-3-14-35-40-34/h4,6,9-13,20-22H,2-3,5,7-8,14-19H2,1H3,(H,36,38)(H,37,39). The number of aromatic amines is 2. The summed E-state index contributed by atoms with van der Waals surface area (Å²) >= 11 is 0. The Morgan fingerprint density at radius 3 is 2.36 bits per heavy atom. The molecule has 11 nitrogen and oxygen atoms in total. The molecule has 0 spiro atoms. The van der Waals surface area contributed by atoms with Gasteiger partial charge in [-0.2, -0.15) is 0 Å². The summed E-state index contributed by atoms with van der Waals surface area (Å²) in [5.41, 5.74) is 15.2. The van der Waals surface area contributed by atoms with Crippen LogP contribution in [0.25, 0.3) is 55.3 Å². The van der Waals surface area contributed by atoms with E-state index in [1.54, 1.807) is 0 Å². The number of nitrogens with zero attached hydrogens (tertiary/aromatic N) is 7. The third kappa shape index (κ3) is 7.02. The van der Waals surface area contributed by atoms with Crippen LogP contribution in [0, 0.1) is 0 Å². The zero-order chi connectivity index (χ0) is 30.3. The van der Waals surface area contributed by atoms with Crippen LogP contribution in [0.15, 0.2) is 65.8 Å². The van der Waals surface area contributed by atoms with Crippen molar-refractivity contribution in [3.05, 3.63) is 71.1 Å². The van der Waals surface area contributed by atoms with E-state index in [-0.39, 0.29) is 5.78 Å². The highest BCUT2D eigenvalue weighted by Crippen LogP contribution is 2.29. The number of H-pyrrole nitrogens is 2. The third-order valence-corrected chi connectivity index (χ3v) is 8.09. The van der Waals surface area contributed by atoms with E-state index in [4.69, 9.17) is 20.2 Å². The molecule has 3 heterocycles. The Labute approximate surface area is 255 Å². The van der Waals surface area contributed by atoms with E-state index < -0.39 is 0 Å². The Morgan fingerprint density at radius 2 is 1.59 bits per heavy atom. The van der Waals surface area contributed by atoms with Gasteiger partial charge in [-0.3, -0.25) is 4.79 Å². The summed E-state index contributed by atoms with van der Waals surface area (Å²) in [6.45, 7) is 5.10. The van der Waals surface area contributed by atoms with Gasteiger partial charge in [-0.15, -0.1) is 0 Å². The molecular weight excluding hydrogens is 554 g/mol. The number of likely N-dealkylation sites (N-methyl/N-ethyl adjacent to an activating group) is 1. The van der Waals surface area contributed by atoms with E-state index in [2.05, 4.69) is 61.1 Å². The molecule has 3 aromatic carbocycles. The fraction of sp³-hybridized carbons (Fsp3) is 0.364. The van der Waals surface area contributed by atoms with Crippen molar-refractivity contribution in [1.82, 2.24) is 24.8 Å². The maximum absolute atomic E-state index is 12.1. The molecule has 226 valence electrons. The number of aromatic nitrogens is 4. The number of carbonyl (C=O) groups is 1. The molecule has 0 saturated carbocycles. The lowest BCUT2D eigenvalue weighted by molar-refractivity contribution is -0.119. The molecule has 6 rings (SSSR count). The molecule has 5 aromatic rings. The zero-order valence-electron chi connectivity index (χ0n) is 25.0. The Morgan fingerprint density at radius 1 is 0.886 bits per heavy atom. The molecule has 0 amide bonds. The number of nitrogens with one attached hydrogen (secondary N) is 2. The van der Waals surface area contributed by atoms with Crippen LogP contribution in [-0.2, 0) is 4.79 Å². The number of Topliss-reactive ketones (excluding diaryl/α,β-unsaturated/α-hetero) is 1. The summed E-state index contributed by atoms with van der Waals surface area (Å²) in [5, 5.41) is 3.50. The van der Waals surface area contributed by atoms with Gasteiger partial charge < -0.3 is 24.5 Å². The minimum atomic E-state index is 0.211. The molecule has 1 aliphatic rings. The fourth-order valence-electron chi connectivity index (χ4n) is 5.56. The molecule has 1 fully saturated rings. The number of imidazole rings is 2. The number of ether oxygens (including phenoxy) is 1. The zero-order valence-corrected chi connectivity index (χ0v) is 25.0. The highest BCUT2D eigenvalue weighted by molar-refractivity contribution is 5.87. The summed E-state index contributed by atoms with van der Waals surface area (Å²) in [5.74, 6) is 2.54. The average molecular weight is 592 g/mol. The lowest BCUT2D eigenvalue weighted by Crippen LogP contribution is -2.44. The van der Waals surface area contributed by atoms with Crippen molar-refractivity contribution in [2.75, 3.05) is 51.3 Å². The molecule has 1 saturated heterocycles. The predicted octanol–water partition coefficient (Wildman–Crippen LogP) is 6.73. The Hall–Kier alpha value is -4.86. The normalized spacial score (nSPS) is 13.8. The summed E-state index contributed by atoms with van der Waals surface area (Å²) in [6.07, 6.45) is 3.14. The van der Waals surface area contributed by atoms with Gasteiger partial charge in [0.15, 0.2) is 0 Å². The molecule has 0 radical (unpaired) electrons. The summed E-state index contributed by atoms with van der Waals surface area (Å²) < 4.78 is 5.94. The molecule has 0 aliphatic carbocycles. The van der Waals surface area contributed by atoms with Crippen molar-refractivity contribution >= 4 is 33.5 Å². The summed E-state index contributed by atoms with van der Waals surface area (Å²) in [7, 11) is 2.17. The maximum atomic E-state index is 12.1. The van der Waals surface area contributed by atoms with Crippen LogP contribution >= 0.6 is 0 Å². The van der Waals surface area contributed by atoms with Gasteiger partial charge in [0.2, 0.25) is 0 Å². The first kappa shape index (κ1) is 29.2. The third-order valence-electron chi connectivity index (χ3n) is 8.09. The van der Waals surface area contributed by atoms with Crippen LogP contribution in [0.1, 0.15) is 32.1 Å². The van der Waals surface area contributed by atoms with E-state index >= 15 is 0 Å². The molecule has 2 aromatic heterocycles. The maximum Gasteiger partial charge on any atom is 0.138 e. The van der Waals surface area contributed by atoms with Crippen molar-refractivity contribution in [3.63, 3.8) is 0 Å². The number of ketones is 1. The van der Waals surface area contributed by atoms with Crippen molar-refractivity contribution in [2.24, 2.45) is 5.11 Å². The van der Waals surface area contributed by atoms with E-state index in [9.17, 15) is 4.79 Å². The van der Waals surface area contributed by atoms with E-state index in [0.717, 1.165) is 89.6 Å². The van der Waals surface area contributed by atoms with Crippen LogP contribution < -0.4 is 9.64 Å². The number of benzene rings is 3. The molecule has 11 heteroatoms. The van der Waals surface area contributed by atoms with Crippen LogP contribution in [-0.4, -0.2) is 77.0 Å². The first-order valence-corrected chi connectivity index (χ1v) is 15.2. The predicted molar refractivity (Wildman–Crippen MR) is 174 cm³/mol. The van der Waals surface area contributed by atoms with Gasteiger partial charge in [0.05, 0.1) is 28.7 Å². The Balaban J connectivity index is 1.08. The minimum absolute atomic E-state index is 0.211. The van der Waals surface area contributed by atoms with Crippen molar-refractivity contribution < 1.29 is 9.53 Å². The second-order valence-corrected chi connectivity index (χ2v) is 11.3. The number of hydrogen-bond donors (Lipinski definition) is 2. The number of carbonyl (C=O) groups excluding carboxylic acids is 1. The SMILES string of the molecule is CN1CCN(c2ccc3nc(-c4ccc5nc(-c6cccc(OCCCC(=O)CCCCN=[N+]=[N-])c6)[nH]c5c4)[nH]c3c2)CC1. The second kappa shape index (κ2) is 13.6. The number of rotatable bonds is 13. The van der Waals surface area contributed by atoms with Gasteiger partial charge in [-0.1, -0.05) is 17.2 Å². The lowest BCUT2D eigenvalue weighted by Gasteiger charge is -2.34. The van der Waals surface area contributed by atoms with E-state index in [1.807, 2.05) is 36.4 Å². The Bertz CT molecular complexity index is 1800. The topological polar surface area (TPSA) is 139 Å². The van der Waals surface area contributed by atoms with Crippen LogP contribution in [0.5, 0.6) is 5.75 Å². The van der Waals surface area contributed by atoms with Crippen molar-refractivity contribution in [2.45, 2.75) is 32.1 Å². The van der Waals surface area contributed by atoms with Gasteiger partial charge >= 0.3 is 0 Å². The van der Waals surface area contributed by atoms with Crippen molar-refractivity contribution in [3.8, 4) is 28.5 Å². The number of unbranched alkanes of at least 4 members (excludes halogenated alkanes) is 1. The average Bonchev–Trinajstić information content (AvgIpc) is 3.67. The molecule has 2 N–H and O–H groups in total. The molecule has 0 unspecified atom stereocenters. The number of anilines is 1. The van der Waals surface area contributed by atoms with E-state index in [1.165, 1.54) is 5.69 Å². The summed E-state index contributed by atoms with van der Waals surface area (Å²) in [6, 6.07) is 20.4. The minimum Gasteiger partial charge on any atom is -0.494 e. The van der Waals surface area contributed by atoms with E-state index in [0.29, 0.717) is 32.4 Å². The number of hydrogen-bond acceptors (Lipinski definition) is 7. The monoisotopic (exact) mass is 591 g/mol. The first-order valence-electron chi connectivity index (χ1n) is 15.2. The molecule has 1 aliphatic heterocycles. The highest BCUT2D eigenvalue weighted by atomic mass is 16.5. The molecule has 44 heavy (non-hydrogen) atoms. The van der Waals surface area contributed by atoms with Gasteiger partial charge in [0.25, 0.3) is 0 Å². The molecular formula is C33H37N9O2. The van der Waals surface area contributed by atoms with Crippen LogP contribution in [0.4, 0.5) is 5.69 Å². The summed E-state index contributed by atoms with van der Waals surface area (Å²) in [4.78, 5) is 36.3. The number of piperazine rings is 1. The number of azide groups is 1. The molecule has 0 atom stereocenters. The number of fused-ring (bicyclic) bond motifs is 2. The fourth-order valence-corrected chi connectivity index (χ4v) is 5.56. The largest absolute Gasteiger partial charge is 0.494 e. The Kier molecular flexibility index (Phi) is 9.05. The second-order valence-electron chi connectivity index (χ2n) is 11.3. The van der Waals surface area contributed by atoms with Crippen LogP contribution in [0.2, 0.25) is 0 Å². The smallest absolute Gasteiger partial charge is 0.138 e. The van der Waals surface area contributed by atoms with Crippen LogP contribution in [0.3, 0.4) is 0 Å².